The number of unbranched alkanes of at least 4 members (excludes halogenated alkanes) is 1. The fourth-order valence-electron chi connectivity index (χ4n) is 9.31. The molecule has 0 amide bonds. The molecule has 226 valence electrons. The summed E-state index contributed by atoms with van der Waals surface area (Å²) in [6.45, 7) is 5.28. The molecule has 1 aromatic carbocycles. The second kappa shape index (κ2) is 14.7. The maximum Gasteiger partial charge on any atom is 0.204 e. The van der Waals surface area contributed by atoms with E-state index < -0.39 is 11.6 Å². The molecule has 1 aromatic rings. The molecule has 4 saturated carbocycles. The predicted molar refractivity (Wildman–Crippen MR) is 160 cm³/mol. The Labute approximate surface area is 243 Å². The Morgan fingerprint density at radius 2 is 1.05 bits per heavy atom. The first-order valence-electron chi connectivity index (χ1n) is 17.3. The molecule has 0 radical (unpaired) electrons. The van der Waals surface area contributed by atoms with E-state index in [9.17, 15) is 8.78 Å². The van der Waals surface area contributed by atoms with Crippen molar-refractivity contribution in [1.82, 2.24) is 0 Å². The van der Waals surface area contributed by atoms with Crippen LogP contribution in [0, 0.1) is 59.0 Å². The molecule has 2 nitrogen and oxygen atoms in total. The Balaban J connectivity index is 1.00. The van der Waals surface area contributed by atoms with Crippen molar-refractivity contribution in [2.45, 2.75) is 129 Å². The van der Waals surface area contributed by atoms with Crippen LogP contribution in [0.25, 0.3) is 0 Å². The summed E-state index contributed by atoms with van der Waals surface area (Å²) in [5, 5.41) is 0. The monoisotopic (exact) mass is 558 g/mol. The van der Waals surface area contributed by atoms with Gasteiger partial charge in [-0.05, 0) is 149 Å². The van der Waals surface area contributed by atoms with Crippen LogP contribution in [0.4, 0.5) is 8.78 Å². The first-order valence-corrected chi connectivity index (χ1v) is 17.3. The lowest BCUT2D eigenvalue weighted by atomic mass is 9.60. The van der Waals surface area contributed by atoms with Crippen molar-refractivity contribution in [1.29, 1.82) is 0 Å². The quantitative estimate of drug-likeness (QED) is 0.252. The average molecular weight is 559 g/mol. The minimum absolute atomic E-state index is 0.0174. The summed E-state index contributed by atoms with van der Waals surface area (Å²) in [5.41, 5.74) is 0. The molecule has 0 aliphatic heterocycles. The smallest absolute Gasteiger partial charge is 0.204 e. The van der Waals surface area contributed by atoms with Crippen LogP contribution < -0.4 is 9.47 Å². The zero-order valence-corrected chi connectivity index (χ0v) is 25.5. The largest absolute Gasteiger partial charge is 0.490 e. The van der Waals surface area contributed by atoms with Crippen molar-refractivity contribution in [2.75, 3.05) is 13.2 Å². The van der Waals surface area contributed by atoms with E-state index in [4.69, 9.17) is 9.47 Å². The summed E-state index contributed by atoms with van der Waals surface area (Å²) < 4.78 is 40.1. The van der Waals surface area contributed by atoms with Gasteiger partial charge in [-0.15, -0.1) is 0 Å². The molecule has 0 saturated heterocycles. The molecular weight excluding hydrogens is 502 g/mol. The third-order valence-corrected chi connectivity index (χ3v) is 11.7. The van der Waals surface area contributed by atoms with Gasteiger partial charge in [0.2, 0.25) is 11.6 Å². The summed E-state index contributed by atoms with van der Waals surface area (Å²) in [6.07, 6.45) is 24.4. The van der Waals surface area contributed by atoms with E-state index in [1.165, 1.54) is 95.6 Å². The third-order valence-electron chi connectivity index (χ3n) is 11.7. The maximum absolute atomic E-state index is 14.5. The van der Waals surface area contributed by atoms with Crippen molar-refractivity contribution in [3.8, 4) is 11.5 Å². The number of fused-ring (bicyclic) bond motifs is 1. The Morgan fingerprint density at radius 3 is 1.68 bits per heavy atom. The molecule has 0 aromatic heterocycles. The van der Waals surface area contributed by atoms with Crippen LogP contribution in [-0.2, 0) is 0 Å². The zero-order chi connectivity index (χ0) is 27.9. The molecule has 0 N–H and O–H groups in total. The molecule has 0 heterocycles. The molecule has 5 rings (SSSR count). The lowest BCUT2D eigenvalue weighted by molar-refractivity contribution is 0.0489. The van der Waals surface area contributed by atoms with E-state index in [1.54, 1.807) is 6.42 Å². The topological polar surface area (TPSA) is 18.5 Å². The molecule has 0 spiro atoms. The van der Waals surface area contributed by atoms with Gasteiger partial charge in [0.05, 0.1) is 13.2 Å². The second-order valence-corrected chi connectivity index (χ2v) is 14.2. The fourth-order valence-corrected chi connectivity index (χ4v) is 9.31. The van der Waals surface area contributed by atoms with Gasteiger partial charge < -0.3 is 9.47 Å². The maximum atomic E-state index is 14.5. The van der Waals surface area contributed by atoms with Crippen LogP contribution in [0.3, 0.4) is 0 Å². The van der Waals surface area contributed by atoms with Gasteiger partial charge in [-0.25, -0.2) is 0 Å². The van der Waals surface area contributed by atoms with Gasteiger partial charge >= 0.3 is 0 Å². The van der Waals surface area contributed by atoms with E-state index in [0.717, 1.165) is 67.1 Å². The summed E-state index contributed by atoms with van der Waals surface area (Å²) in [4.78, 5) is 0. The van der Waals surface area contributed by atoms with Crippen molar-refractivity contribution in [3.05, 3.63) is 23.8 Å². The first kappa shape index (κ1) is 30.1. The van der Waals surface area contributed by atoms with Crippen LogP contribution in [0.5, 0.6) is 11.5 Å². The lowest BCUT2D eigenvalue weighted by Crippen LogP contribution is -2.35. The number of hydrogen-bond donors (Lipinski definition) is 0. The molecule has 4 aliphatic carbocycles. The Morgan fingerprint density at radius 1 is 0.575 bits per heavy atom. The molecule has 4 unspecified atom stereocenters. The van der Waals surface area contributed by atoms with Gasteiger partial charge in [-0.2, -0.15) is 8.78 Å². The van der Waals surface area contributed by atoms with E-state index in [2.05, 4.69) is 6.92 Å². The molecule has 4 aliphatic rings. The molecule has 4 heteroatoms. The van der Waals surface area contributed by atoms with Gasteiger partial charge in [-0.3, -0.25) is 0 Å². The standard InChI is InChI=1S/C36H56F2O2/c1-3-5-21-39-33-19-20-34(36(38)35(33)37)40-24-26-8-10-27(11-9-26)28-13-15-29(16-14-28)31-18-17-30-22-25(6-4-2)7-12-32(30)23-31/h19-20,25-32H,3-18,21-24H2,1-2H3. The van der Waals surface area contributed by atoms with Crippen molar-refractivity contribution < 1.29 is 18.3 Å². The number of benzene rings is 1. The zero-order valence-electron chi connectivity index (χ0n) is 25.5. The summed E-state index contributed by atoms with van der Waals surface area (Å²) >= 11 is 0. The van der Waals surface area contributed by atoms with Crippen LogP contribution in [0.15, 0.2) is 12.1 Å². The van der Waals surface area contributed by atoms with E-state index in [-0.39, 0.29) is 11.5 Å². The highest BCUT2D eigenvalue weighted by Crippen LogP contribution is 2.51. The molecule has 0 bridgehead atoms. The number of rotatable bonds is 11. The van der Waals surface area contributed by atoms with Crippen molar-refractivity contribution in [3.63, 3.8) is 0 Å². The highest BCUT2D eigenvalue weighted by atomic mass is 19.2. The highest BCUT2D eigenvalue weighted by Gasteiger charge is 2.39. The summed E-state index contributed by atoms with van der Waals surface area (Å²) in [5.74, 6) is 5.50. The van der Waals surface area contributed by atoms with Crippen LogP contribution in [0.1, 0.15) is 129 Å². The van der Waals surface area contributed by atoms with Crippen LogP contribution >= 0.6 is 0 Å². The van der Waals surface area contributed by atoms with Gasteiger partial charge in [-0.1, -0.05) is 39.5 Å². The van der Waals surface area contributed by atoms with Gasteiger partial charge in [0.25, 0.3) is 0 Å². The average Bonchev–Trinajstić information content (AvgIpc) is 2.99. The number of halogens is 2. The second-order valence-electron chi connectivity index (χ2n) is 14.2. The molecule has 4 atom stereocenters. The van der Waals surface area contributed by atoms with E-state index in [1.807, 2.05) is 6.92 Å². The molecular formula is C36H56F2O2. The van der Waals surface area contributed by atoms with E-state index in [0.29, 0.717) is 19.1 Å². The van der Waals surface area contributed by atoms with Crippen LogP contribution in [-0.4, -0.2) is 13.2 Å². The normalized spacial score (nSPS) is 34.7. The first-order chi connectivity index (χ1) is 19.6. The number of hydrogen-bond acceptors (Lipinski definition) is 2. The SMILES string of the molecule is CCCCOc1ccc(OCC2CCC(C3CCC(C4CCC5CC(CCC)CCC5C4)CC3)CC2)c(F)c1F. The van der Waals surface area contributed by atoms with Gasteiger partial charge in [0.15, 0.2) is 11.5 Å². The fraction of sp³-hybridized carbons (Fsp3) is 0.833. The van der Waals surface area contributed by atoms with E-state index >= 15 is 0 Å². The Hall–Kier alpha value is -1.32. The summed E-state index contributed by atoms with van der Waals surface area (Å²) in [7, 11) is 0. The van der Waals surface area contributed by atoms with Crippen LogP contribution in [0.2, 0.25) is 0 Å². The van der Waals surface area contributed by atoms with Crippen molar-refractivity contribution >= 4 is 0 Å². The minimum atomic E-state index is -0.930. The summed E-state index contributed by atoms with van der Waals surface area (Å²) in [6, 6.07) is 3.02. The lowest BCUT2D eigenvalue weighted by Gasteiger charge is -2.46. The Bertz CT molecular complexity index is 902. The predicted octanol–water partition coefficient (Wildman–Crippen LogP) is 10.8. The minimum Gasteiger partial charge on any atom is -0.490 e. The van der Waals surface area contributed by atoms with Gasteiger partial charge in [0, 0.05) is 0 Å². The third kappa shape index (κ3) is 7.54. The van der Waals surface area contributed by atoms with Gasteiger partial charge in [0.1, 0.15) is 0 Å². The molecule has 40 heavy (non-hydrogen) atoms. The molecule has 4 fully saturated rings. The highest BCUT2D eigenvalue weighted by molar-refractivity contribution is 5.35. The number of ether oxygens (including phenoxy) is 2. The Kier molecular flexibility index (Phi) is 11.1. The van der Waals surface area contributed by atoms with Crippen molar-refractivity contribution in [2.24, 2.45) is 47.3 Å².